The number of fused-ring (bicyclic) bond motifs is 1. The van der Waals surface area contributed by atoms with Crippen molar-refractivity contribution in [3.63, 3.8) is 0 Å². The number of piperidine rings is 2. The number of nitrogens with zero attached hydrogens (tertiary/aromatic N) is 3. The molecule has 162 valence electrons. The van der Waals surface area contributed by atoms with Crippen molar-refractivity contribution in [2.45, 2.75) is 64.1 Å². The van der Waals surface area contributed by atoms with Gasteiger partial charge in [-0.1, -0.05) is 13.8 Å². The minimum atomic E-state index is -1.07. The standard InChI is InChI=1S/C22H30N4O4/c1-4-21(5-2)13-25(3)11-10-22(21,30)17-8-6-14-15(23-17)12-26(20(14)29)16-7-9-18(27)24-19(16)28/h6,8,16,30H,4-5,7,9-13H2,1-3H3,(H,24,27,28). The molecule has 0 radical (unpaired) electrons. The van der Waals surface area contributed by atoms with E-state index >= 15 is 0 Å². The zero-order valence-corrected chi connectivity index (χ0v) is 17.9. The Kier molecular flexibility index (Phi) is 5.18. The summed E-state index contributed by atoms with van der Waals surface area (Å²) in [6, 6.07) is 2.85. The van der Waals surface area contributed by atoms with Crippen LogP contribution in [0.4, 0.5) is 0 Å². The molecule has 3 aliphatic rings. The molecule has 0 spiro atoms. The van der Waals surface area contributed by atoms with Crippen LogP contribution in [0, 0.1) is 5.41 Å². The summed E-state index contributed by atoms with van der Waals surface area (Å²) in [6.45, 7) is 5.99. The molecule has 2 saturated heterocycles. The number of carbonyl (C=O) groups excluding carboxylic acids is 3. The average Bonchev–Trinajstić information content (AvgIpc) is 3.05. The van der Waals surface area contributed by atoms with Gasteiger partial charge in [0.25, 0.3) is 5.91 Å². The van der Waals surface area contributed by atoms with Gasteiger partial charge in [-0.3, -0.25) is 24.7 Å². The SMILES string of the molecule is CCC1(CC)CN(C)CCC1(O)c1ccc2c(n1)CN(C1CCC(=O)NC1=O)C2=O. The Morgan fingerprint density at radius 2 is 1.97 bits per heavy atom. The van der Waals surface area contributed by atoms with Crippen molar-refractivity contribution >= 4 is 17.7 Å². The summed E-state index contributed by atoms with van der Waals surface area (Å²) < 4.78 is 0. The second-order valence-corrected chi connectivity index (χ2v) is 8.93. The summed E-state index contributed by atoms with van der Waals surface area (Å²) in [5.41, 5.74) is 0.293. The second-order valence-electron chi connectivity index (χ2n) is 8.93. The number of imide groups is 1. The lowest BCUT2D eigenvalue weighted by atomic mass is 9.62. The van der Waals surface area contributed by atoms with E-state index in [1.54, 1.807) is 12.1 Å². The van der Waals surface area contributed by atoms with Crippen LogP contribution in [0.15, 0.2) is 12.1 Å². The lowest BCUT2D eigenvalue weighted by Gasteiger charge is -2.52. The highest BCUT2D eigenvalue weighted by atomic mass is 16.3. The van der Waals surface area contributed by atoms with Crippen LogP contribution in [0.5, 0.6) is 0 Å². The van der Waals surface area contributed by atoms with E-state index in [2.05, 4.69) is 31.1 Å². The number of nitrogens with one attached hydrogen (secondary N) is 1. The minimum absolute atomic E-state index is 0.218. The second kappa shape index (κ2) is 7.42. The molecule has 8 heteroatoms. The summed E-state index contributed by atoms with van der Waals surface area (Å²) in [5.74, 6) is -0.982. The molecule has 1 aromatic heterocycles. The number of carbonyl (C=O) groups is 3. The molecule has 0 saturated carbocycles. The molecule has 8 nitrogen and oxygen atoms in total. The quantitative estimate of drug-likeness (QED) is 0.717. The van der Waals surface area contributed by atoms with Gasteiger partial charge in [0, 0.05) is 24.9 Å². The molecular formula is C22H30N4O4. The lowest BCUT2D eigenvalue weighted by Crippen LogP contribution is -2.57. The zero-order valence-electron chi connectivity index (χ0n) is 17.9. The fourth-order valence-electron chi connectivity index (χ4n) is 5.47. The molecule has 2 atom stereocenters. The van der Waals surface area contributed by atoms with Crippen molar-refractivity contribution < 1.29 is 19.5 Å². The Hall–Kier alpha value is -2.32. The van der Waals surface area contributed by atoms with Gasteiger partial charge in [0.2, 0.25) is 11.8 Å². The maximum absolute atomic E-state index is 12.9. The van der Waals surface area contributed by atoms with Gasteiger partial charge in [-0.25, -0.2) is 0 Å². The summed E-state index contributed by atoms with van der Waals surface area (Å²) >= 11 is 0. The maximum atomic E-state index is 12.9. The molecule has 1 aromatic rings. The van der Waals surface area contributed by atoms with Crippen LogP contribution in [-0.2, 0) is 21.7 Å². The lowest BCUT2D eigenvalue weighted by molar-refractivity contribution is -0.145. The number of aromatic nitrogens is 1. The predicted octanol–water partition coefficient (Wildman–Crippen LogP) is 1.17. The summed E-state index contributed by atoms with van der Waals surface area (Å²) in [6.07, 6.45) is 2.77. The number of likely N-dealkylation sites (tertiary alicyclic amines) is 1. The van der Waals surface area contributed by atoms with E-state index in [1.165, 1.54) is 4.90 Å². The number of aliphatic hydroxyl groups is 1. The monoisotopic (exact) mass is 414 g/mol. The highest BCUT2D eigenvalue weighted by Crippen LogP contribution is 2.50. The summed E-state index contributed by atoms with van der Waals surface area (Å²) in [5, 5.41) is 14.2. The maximum Gasteiger partial charge on any atom is 0.256 e. The van der Waals surface area contributed by atoms with E-state index in [9.17, 15) is 19.5 Å². The van der Waals surface area contributed by atoms with Crippen LogP contribution < -0.4 is 5.32 Å². The first-order valence-electron chi connectivity index (χ1n) is 10.8. The van der Waals surface area contributed by atoms with Crippen LogP contribution in [0.2, 0.25) is 0 Å². The van der Waals surface area contributed by atoms with Gasteiger partial charge >= 0.3 is 0 Å². The molecule has 0 bridgehead atoms. The predicted molar refractivity (Wildman–Crippen MR) is 109 cm³/mol. The van der Waals surface area contributed by atoms with E-state index in [1.807, 2.05) is 0 Å². The summed E-state index contributed by atoms with van der Waals surface area (Å²) in [7, 11) is 2.08. The highest BCUT2D eigenvalue weighted by Gasteiger charge is 2.53. The van der Waals surface area contributed by atoms with Gasteiger partial charge in [0.1, 0.15) is 11.6 Å². The fourth-order valence-corrected chi connectivity index (χ4v) is 5.47. The molecule has 4 rings (SSSR count). The van der Waals surface area contributed by atoms with E-state index < -0.39 is 17.6 Å². The van der Waals surface area contributed by atoms with Gasteiger partial charge in [0.05, 0.1) is 23.5 Å². The molecule has 0 aromatic carbocycles. The van der Waals surface area contributed by atoms with Crippen molar-refractivity contribution in [2.24, 2.45) is 5.41 Å². The third-order valence-corrected chi connectivity index (χ3v) is 7.45. The van der Waals surface area contributed by atoms with Crippen LogP contribution in [0.3, 0.4) is 0 Å². The van der Waals surface area contributed by atoms with Crippen molar-refractivity contribution in [3.05, 3.63) is 29.1 Å². The van der Waals surface area contributed by atoms with E-state index in [4.69, 9.17) is 4.98 Å². The number of rotatable bonds is 4. The largest absolute Gasteiger partial charge is 0.383 e. The van der Waals surface area contributed by atoms with Crippen molar-refractivity contribution in [2.75, 3.05) is 20.1 Å². The van der Waals surface area contributed by atoms with Crippen molar-refractivity contribution in [1.82, 2.24) is 20.1 Å². The Morgan fingerprint density at radius 1 is 1.23 bits per heavy atom. The molecular weight excluding hydrogens is 384 g/mol. The van der Waals surface area contributed by atoms with Crippen LogP contribution in [0.1, 0.15) is 67.7 Å². The van der Waals surface area contributed by atoms with Gasteiger partial charge in [-0.05, 0) is 44.9 Å². The van der Waals surface area contributed by atoms with E-state index in [0.29, 0.717) is 29.8 Å². The molecule has 30 heavy (non-hydrogen) atoms. The average molecular weight is 415 g/mol. The zero-order chi connectivity index (χ0) is 21.7. The first kappa shape index (κ1) is 20.9. The smallest absolute Gasteiger partial charge is 0.256 e. The number of hydrogen-bond donors (Lipinski definition) is 2. The summed E-state index contributed by atoms with van der Waals surface area (Å²) in [4.78, 5) is 45.2. The minimum Gasteiger partial charge on any atom is -0.383 e. The number of amides is 3. The van der Waals surface area contributed by atoms with Crippen molar-refractivity contribution in [3.8, 4) is 0 Å². The van der Waals surface area contributed by atoms with E-state index in [0.717, 1.165) is 25.9 Å². The normalized spacial score (nSPS) is 29.1. The Balaban J connectivity index is 1.66. The highest BCUT2D eigenvalue weighted by molar-refractivity contribution is 6.05. The third kappa shape index (κ3) is 3.04. The van der Waals surface area contributed by atoms with Crippen LogP contribution >= 0.6 is 0 Å². The first-order valence-corrected chi connectivity index (χ1v) is 10.8. The number of pyridine rings is 1. The molecule has 4 heterocycles. The Labute approximate surface area is 176 Å². The molecule has 2 N–H and O–H groups in total. The molecule has 3 aliphatic heterocycles. The Bertz CT molecular complexity index is 897. The third-order valence-electron chi connectivity index (χ3n) is 7.45. The first-order chi connectivity index (χ1) is 14.2. The van der Waals surface area contributed by atoms with Gasteiger partial charge in [0.15, 0.2) is 0 Å². The van der Waals surface area contributed by atoms with Crippen LogP contribution in [0.25, 0.3) is 0 Å². The fraction of sp³-hybridized carbons (Fsp3) is 0.636. The Morgan fingerprint density at radius 3 is 2.63 bits per heavy atom. The molecule has 2 fully saturated rings. The van der Waals surface area contributed by atoms with Gasteiger partial charge < -0.3 is 14.9 Å². The van der Waals surface area contributed by atoms with Gasteiger partial charge in [-0.15, -0.1) is 0 Å². The van der Waals surface area contributed by atoms with Crippen LogP contribution in [-0.4, -0.2) is 63.8 Å². The van der Waals surface area contributed by atoms with Crippen molar-refractivity contribution in [1.29, 1.82) is 0 Å². The van der Waals surface area contributed by atoms with E-state index in [-0.39, 0.29) is 30.2 Å². The molecule has 0 aliphatic carbocycles. The molecule has 3 amide bonds. The number of hydrogen-bond acceptors (Lipinski definition) is 6. The van der Waals surface area contributed by atoms with Gasteiger partial charge in [-0.2, -0.15) is 0 Å². The molecule has 2 unspecified atom stereocenters. The topological polar surface area (TPSA) is 103 Å².